The van der Waals surface area contributed by atoms with Crippen LogP contribution in [-0.4, -0.2) is 36.7 Å². The number of sulfonamides is 1. The standard InChI is InChI=1S/C21H22N4O3S/c1-24-13-11-22-20(24)19(15-6-4-3-5-7-15)23-21(26)17-8-9-18-16(14-17)10-12-25(18)29(2,27)28/h3-9,11,13-14,19H,10,12H2,1-2H3,(H,23,26). The zero-order valence-electron chi connectivity index (χ0n) is 16.2. The molecule has 1 atom stereocenters. The Bertz CT molecular complexity index is 1160. The van der Waals surface area contributed by atoms with Crippen LogP contribution in [0.5, 0.6) is 0 Å². The van der Waals surface area contributed by atoms with Crippen molar-refractivity contribution in [3.05, 3.63) is 83.4 Å². The van der Waals surface area contributed by atoms with Gasteiger partial charge >= 0.3 is 0 Å². The van der Waals surface area contributed by atoms with Crippen LogP contribution < -0.4 is 9.62 Å². The molecule has 0 radical (unpaired) electrons. The first-order valence-electron chi connectivity index (χ1n) is 9.28. The summed E-state index contributed by atoms with van der Waals surface area (Å²) in [6.45, 7) is 0.402. The van der Waals surface area contributed by atoms with Gasteiger partial charge in [-0.25, -0.2) is 13.4 Å². The third kappa shape index (κ3) is 3.75. The van der Waals surface area contributed by atoms with Gasteiger partial charge in [0.1, 0.15) is 11.9 Å². The topological polar surface area (TPSA) is 84.3 Å². The molecular weight excluding hydrogens is 388 g/mol. The Balaban J connectivity index is 1.63. The van der Waals surface area contributed by atoms with E-state index in [0.717, 1.165) is 17.0 Å². The van der Waals surface area contributed by atoms with Gasteiger partial charge < -0.3 is 9.88 Å². The van der Waals surface area contributed by atoms with E-state index in [1.54, 1.807) is 24.4 Å². The molecule has 1 aliphatic heterocycles. The van der Waals surface area contributed by atoms with Gasteiger partial charge in [-0.1, -0.05) is 30.3 Å². The second kappa shape index (κ2) is 7.36. The third-order valence-corrected chi connectivity index (χ3v) is 6.30. The Morgan fingerprint density at radius 3 is 2.59 bits per heavy atom. The summed E-state index contributed by atoms with van der Waals surface area (Å²) in [4.78, 5) is 17.4. The van der Waals surface area contributed by atoms with Gasteiger partial charge in [0.05, 0.1) is 11.9 Å². The zero-order chi connectivity index (χ0) is 20.6. The Morgan fingerprint density at radius 1 is 1.17 bits per heavy atom. The molecule has 0 spiro atoms. The van der Waals surface area contributed by atoms with Crippen LogP contribution in [0.4, 0.5) is 5.69 Å². The van der Waals surface area contributed by atoms with Crippen LogP contribution in [0, 0.1) is 0 Å². The molecule has 29 heavy (non-hydrogen) atoms. The van der Waals surface area contributed by atoms with E-state index in [9.17, 15) is 13.2 Å². The zero-order valence-corrected chi connectivity index (χ0v) is 17.1. The summed E-state index contributed by atoms with van der Waals surface area (Å²) in [5.74, 6) is 0.497. The van der Waals surface area contributed by atoms with Crippen LogP contribution in [0.2, 0.25) is 0 Å². The molecule has 0 saturated carbocycles. The molecule has 150 valence electrons. The number of anilines is 1. The Hall–Kier alpha value is -3.13. The number of nitrogens with zero attached hydrogens (tertiary/aromatic N) is 3. The molecule has 3 aromatic rings. The van der Waals surface area contributed by atoms with E-state index in [-0.39, 0.29) is 5.91 Å². The summed E-state index contributed by atoms with van der Waals surface area (Å²) in [7, 11) is -1.43. The summed E-state index contributed by atoms with van der Waals surface area (Å²) >= 11 is 0. The molecule has 1 N–H and O–H groups in total. The number of nitrogens with one attached hydrogen (secondary N) is 1. The van der Waals surface area contributed by atoms with Crippen molar-refractivity contribution < 1.29 is 13.2 Å². The molecule has 1 amide bonds. The van der Waals surface area contributed by atoms with Crippen molar-refractivity contribution in [2.45, 2.75) is 12.5 Å². The Kier molecular flexibility index (Phi) is 4.87. The van der Waals surface area contributed by atoms with Crippen molar-refractivity contribution in [3.8, 4) is 0 Å². The predicted molar refractivity (Wildman–Crippen MR) is 111 cm³/mol. The second-order valence-corrected chi connectivity index (χ2v) is 9.05. The number of benzene rings is 2. The van der Waals surface area contributed by atoms with Crippen molar-refractivity contribution in [3.63, 3.8) is 0 Å². The van der Waals surface area contributed by atoms with Crippen LogP contribution in [0.25, 0.3) is 0 Å². The molecule has 4 rings (SSSR count). The maximum absolute atomic E-state index is 13.0. The minimum Gasteiger partial charge on any atom is -0.338 e. The molecular formula is C21H22N4O3S. The van der Waals surface area contributed by atoms with E-state index in [1.165, 1.54) is 10.6 Å². The number of hydrogen-bond acceptors (Lipinski definition) is 4. The van der Waals surface area contributed by atoms with Crippen LogP contribution in [0.15, 0.2) is 60.9 Å². The normalized spacial score (nSPS) is 14.5. The fourth-order valence-electron chi connectivity index (χ4n) is 3.67. The van der Waals surface area contributed by atoms with E-state index in [0.29, 0.717) is 24.2 Å². The molecule has 1 unspecified atom stereocenters. The van der Waals surface area contributed by atoms with Gasteiger partial charge in [-0.15, -0.1) is 0 Å². The number of carbonyl (C=O) groups is 1. The summed E-state index contributed by atoms with van der Waals surface area (Å²) in [6, 6.07) is 14.4. The lowest BCUT2D eigenvalue weighted by molar-refractivity contribution is 0.0941. The molecule has 0 saturated heterocycles. The highest BCUT2D eigenvalue weighted by molar-refractivity contribution is 7.92. The van der Waals surface area contributed by atoms with Gasteiger partial charge in [-0.05, 0) is 35.7 Å². The maximum atomic E-state index is 13.0. The molecule has 7 nitrogen and oxygen atoms in total. The van der Waals surface area contributed by atoms with Gasteiger partial charge in [0.15, 0.2) is 0 Å². The lowest BCUT2D eigenvalue weighted by Crippen LogP contribution is -2.31. The number of aryl methyl sites for hydroxylation is 1. The van der Waals surface area contributed by atoms with E-state index in [1.807, 2.05) is 48.1 Å². The van der Waals surface area contributed by atoms with E-state index >= 15 is 0 Å². The molecule has 2 aromatic carbocycles. The highest BCUT2D eigenvalue weighted by Gasteiger charge is 2.27. The first kappa shape index (κ1) is 19.2. The number of rotatable bonds is 5. The quantitative estimate of drug-likeness (QED) is 0.699. The van der Waals surface area contributed by atoms with Crippen LogP contribution in [-0.2, 0) is 23.5 Å². The van der Waals surface area contributed by atoms with Crippen molar-refractivity contribution in [2.24, 2.45) is 7.05 Å². The number of fused-ring (bicyclic) bond motifs is 1. The fraction of sp³-hybridized carbons (Fsp3) is 0.238. The highest BCUT2D eigenvalue weighted by atomic mass is 32.2. The van der Waals surface area contributed by atoms with Crippen molar-refractivity contribution >= 4 is 21.6 Å². The average molecular weight is 410 g/mol. The average Bonchev–Trinajstić information content (AvgIpc) is 3.32. The van der Waals surface area contributed by atoms with Gasteiger partial charge in [-0.3, -0.25) is 9.10 Å². The van der Waals surface area contributed by atoms with E-state index in [2.05, 4.69) is 10.3 Å². The summed E-state index contributed by atoms with van der Waals surface area (Å²) < 4.78 is 27.1. The third-order valence-electron chi connectivity index (χ3n) is 5.12. The molecule has 8 heteroatoms. The summed E-state index contributed by atoms with van der Waals surface area (Å²) in [6.07, 6.45) is 5.32. The SMILES string of the molecule is Cn1ccnc1C(NC(=O)c1ccc2c(c1)CCN2S(C)(=O)=O)c1ccccc1. The lowest BCUT2D eigenvalue weighted by atomic mass is 10.0. The second-order valence-electron chi connectivity index (χ2n) is 7.14. The predicted octanol–water partition coefficient (Wildman–Crippen LogP) is 2.26. The highest BCUT2D eigenvalue weighted by Crippen LogP contribution is 2.31. The van der Waals surface area contributed by atoms with Crippen molar-refractivity contribution in [1.82, 2.24) is 14.9 Å². The lowest BCUT2D eigenvalue weighted by Gasteiger charge is -2.20. The fourth-order valence-corrected chi connectivity index (χ4v) is 4.63. The number of aromatic nitrogens is 2. The minimum atomic E-state index is -3.32. The molecule has 2 heterocycles. The van der Waals surface area contributed by atoms with Crippen LogP contribution in [0.3, 0.4) is 0 Å². The molecule has 1 aliphatic rings. The monoisotopic (exact) mass is 410 g/mol. The Labute approximate surface area is 170 Å². The van der Waals surface area contributed by atoms with E-state index in [4.69, 9.17) is 0 Å². The number of hydrogen-bond donors (Lipinski definition) is 1. The molecule has 0 fully saturated rings. The summed E-state index contributed by atoms with van der Waals surface area (Å²) in [5.41, 5.74) is 2.93. The van der Waals surface area contributed by atoms with E-state index < -0.39 is 16.1 Å². The molecule has 0 bridgehead atoms. The molecule has 1 aromatic heterocycles. The van der Waals surface area contributed by atoms with Gasteiger partial charge in [0, 0.05) is 31.5 Å². The first-order valence-corrected chi connectivity index (χ1v) is 11.1. The van der Waals surface area contributed by atoms with Gasteiger partial charge in [0.25, 0.3) is 5.91 Å². The van der Waals surface area contributed by atoms with Crippen LogP contribution >= 0.6 is 0 Å². The number of imidazole rings is 1. The maximum Gasteiger partial charge on any atom is 0.252 e. The molecule has 0 aliphatic carbocycles. The van der Waals surface area contributed by atoms with Crippen molar-refractivity contribution in [2.75, 3.05) is 17.1 Å². The van der Waals surface area contributed by atoms with Crippen LogP contribution in [0.1, 0.15) is 33.4 Å². The summed E-state index contributed by atoms with van der Waals surface area (Å²) in [5, 5.41) is 3.07. The van der Waals surface area contributed by atoms with Gasteiger partial charge in [0.2, 0.25) is 10.0 Å². The first-order chi connectivity index (χ1) is 13.8. The van der Waals surface area contributed by atoms with Gasteiger partial charge in [-0.2, -0.15) is 0 Å². The number of carbonyl (C=O) groups excluding carboxylic acids is 1. The largest absolute Gasteiger partial charge is 0.338 e. The Morgan fingerprint density at radius 2 is 1.93 bits per heavy atom. The van der Waals surface area contributed by atoms with Crippen molar-refractivity contribution in [1.29, 1.82) is 0 Å². The minimum absolute atomic E-state index is 0.234. The smallest absolute Gasteiger partial charge is 0.252 e. The number of amides is 1.